The second-order valence-corrected chi connectivity index (χ2v) is 10.2. The number of hydrogen-bond donors (Lipinski definition) is 0. The fourth-order valence-corrected chi connectivity index (χ4v) is 5.89. The Labute approximate surface area is 218 Å². The number of aromatic nitrogens is 2. The monoisotopic (exact) mass is 498 g/mol. The Hall–Kier alpha value is -3.58. The lowest BCUT2D eigenvalue weighted by atomic mass is 9.98. The molecule has 0 saturated carbocycles. The summed E-state index contributed by atoms with van der Waals surface area (Å²) in [6, 6.07) is 13.1. The van der Waals surface area contributed by atoms with Crippen LogP contribution < -0.4 is 9.64 Å². The molecule has 3 heterocycles. The number of nitrogens with zero attached hydrogens (tertiary/aromatic N) is 4. The van der Waals surface area contributed by atoms with E-state index in [4.69, 9.17) is 9.47 Å². The highest BCUT2D eigenvalue weighted by atomic mass is 16.5. The zero-order chi connectivity index (χ0) is 25.4. The average Bonchev–Trinajstić information content (AvgIpc) is 3.56. The summed E-state index contributed by atoms with van der Waals surface area (Å²) in [5.74, 6) is 0.930. The number of morpholine rings is 1. The van der Waals surface area contributed by atoms with Crippen LogP contribution in [-0.2, 0) is 22.4 Å². The number of benzene rings is 2. The fourth-order valence-electron chi connectivity index (χ4n) is 5.89. The molecule has 2 aliphatic heterocycles. The van der Waals surface area contributed by atoms with E-state index in [9.17, 15) is 4.79 Å². The summed E-state index contributed by atoms with van der Waals surface area (Å²) in [5, 5.41) is 0. The van der Waals surface area contributed by atoms with E-state index in [-0.39, 0.29) is 11.9 Å². The first-order valence-corrected chi connectivity index (χ1v) is 13.2. The van der Waals surface area contributed by atoms with Crippen LogP contribution in [-0.4, -0.2) is 66.4 Å². The molecule has 6 rings (SSSR count). The summed E-state index contributed by atoms with van der Waals surface area (Å²) in [6.07, 6.45) is 9.47. The van der Waals surface area contributed by atoms with Gasteiger partial charge in [-0.15, -0.1) is 0 Å². The van der Waals surface area contributed by atoms with Crippen molar-refractivity contribution in [1.29, 1.82) is 0 Å². The number of amides is 1. The molecular formula is C30H34N4O3. The molecule has 1 aromatic heterocycles. The minimum absolute atomic E-state index is 0.172. The van der Waals surface area contributed by atoms with E-state index in [2.05, 4.69) is 33.0 Å². The number of likely N-dealkylation sites (tertiary alicyclic amines) is 1. The number of ether oxygens (including phenoxy) is 2. The Kier molecular flexibility index (Phi) is 6.47. The average molecular weight is 499 g/mol. The van der Waals surface area contributed by atoms with E-state index < -0.39 is 0 Å². The van der Waals surface area contributed by atoms with Gasteiger partial charge in [0.1, 0.15) is 5.75 Å². The lowest BCUT2D eigenvalue weighted by Crippen LogP contribution is -2.44. The summed E-state index contributed by atoms with van der Waals surface area (Å²) >= 11 is 0. The van der Waals surface area contributed by atoms with Gasteiger partial charge < -0.3 is 23.8 Å². The Bertz CT molecular complexity index is 1340. The van der Waals surface area contributed by atoms with Crippen LogP contribution >= 0.6 is 0 Å². The highest BCUT2D eigenvalue weighted by molar-refractivity contribution is 5.99. The van der Waals surface area contributed by atoms with Crippen LogP contribution in [0, 0.1) is 6.92 Å². The van der Waals surface area contributed by atoms with Gasteiger partial charge in [-0.05, 0) is 79.6 Å². The Morgan fingerprint density at radius 1 is 1.05 bits per heavy atom. The van der Waals surface area contributed by atoms with Gasteiger partial charge in [-0.3, -0.25) is 4.79 Å². The molecule has 2 aromatic carbocycles. The summed E-state index contributed by atoms with van der Waals surface area (Å²) in [6.45, 7) is 6.24. The number of carbonyl (C=O) groups is 1. The summed E-state index contributed by atoms with van der Waals surface area (Å²) in [4.78, 5) is 22.5. The first-order valence-electron chi connectivity index (χ1n) is 13.2. The van der Waals surface area contributed by atoms with Crippen molar-refractivity contribution in [2.45, 2.75) is 38.6 Å². The predicted octanol–water partition coefficient (Wildman–Crippen LogP) is 4.20. The van der Waals surface area contributed by atoms with Gasteiger partial charge in [0, 0.05) is 43.1 Å². The van der Waals surface area contributed by atoms with Gasteiger partial charge >= 0.3 is 0 Å². The summed E-state index contributed by atoms with van der Waals surface area (Å²) in [7, 11) is 1.68. The molecule has 0 spiro atoms. The van der Waals surface area contributed by atoms with Gasteiger partial charge in [-0.2, -0.15) is 0 Å². The van der Waals surface area contributed by atoms with Gasteiger partial charge in [-0.1, -0.05) is 12.1 Å². The van der Waals surface area contributed by atoms with E-state index in [1.54, 1.807) is 13.4 Å². The second kappa shape index (κ2) is 10.1. The summed E-state index contributed by atoms with van der Waals surface area (Å²) < 4.78 is 13.1. The van der Waals surface area contributed by atoms with Gasteiger partial charge in [0.15, 0.2) is 0 Å². The molecule has 7 heteroatoms. The molecular weight excluding hydrogens is 464 g/mol. The van der Waals surface area contributed by atoms with Crippen molar-refractivity contribution in [2.24, 2.45) is 0 Å². The highest BCUT2D eigenvalue weighted by Gasteiger charge is 2.33. The number of piperidine rings is 1. The molecule has 3 aromatic rings. The number of hydrogen-bond acceptors (Lipinski definition) is 5. The standard InChI is InChI=1S/C30H34N4O3/c1-21-19-33(20-31-21)28-8-5-22(15-29(28)36-2)14-24-4-3-9-34(30(24)35)27-16-23-6-7-26(17-25(23)18-27)32-10-12-37-13-11-32/h5-8,14-15,17,19-20,27H,3-4,9-13,16,18H2,1-2H3/b24-14+/t27-/m0/s1. The molecule has 1 aliphatic carbocycles. The van der Waals surface area contributed by atoms with Crippen molar-refractivity contribution in [3.8, 4) is 11.4 Å². The van der Waals surface area contributed by atoms with Crippen LogP contribution in [0.1, 0.15) is 35.2 Å². The minimum atomic E-state index is 0.172. The molecule has 7 nitrogen and oxygen atoms in total. The fraction of sp³-hybridized carbons (Fsp3) is 0.400. The van der Waals surface area contributed by atoms with Crippen LogP contribution in [0.15, 0.2) is 54.5 Å². The molecule has 1 atom stereocenters. The van der Waals surface area contributed by atoms with Crippen molar-refractivity contribution < 1.29 is 14.3 Å². The number of rotatable bonds is 5. The van der Waals surface area contributed by atoms with Gasteiger partial charge in [0.05, 0.1) is 38.0 Å². The van der Waals surface area contributed by atoms with E-state index in [0.29, 0.717) is 0 Å². The lowest BCUT2D eigenvalue weighted by Gasteiger charge is -2.33. The van der Waals surface area contributed by atoms with Crippen LogP contribution in [0.2, 0.25) is 0 Å². The van der Waals surface area contributed by atoms with Crippen molar-refractivity contribution in [3.63, 3.8) is 0 Å². The Balaban J connectivity index is 1.19. The minimum Gasteiger partial charge on any atom is -0.495 e. The molecule has 2 fully saturated rings. The maximum Gasteiger partial charge on any atom is 0.250 e. The molecule has 1 amide bonds. The largest absolute Gasteiger partial charge is 0.495 e. The number of methoxy groups -OCH3 is 1. The van der Waals surface area contributed by atoms with E-state index in [1.807, 2.05) is 42.0 Å². The van der Waals surface area contributed by atoms with Crippen LogP contribution in [0.4, 0.5) is 5.69 Å². The van der Waals surface area contributed by atoms with E-state index >= 15 is 0 Å². The quantitative estimate of drug-likeness (QED) is 0.494. The van der Waals surface area contributed by atoms with Gasteiger partial charge in [-0.25, -0.2) is 4.98 Å². The number of anilines is 1. The second-order valence-electron chi connectivity index (χ2n) is 10.2. The zero-order valence-corrected chi connectivity index (χ0v) is 21.7. The predicted molar refractivity (Wildman–Crippen MR) is 144 cm³/mol. The zero-order valence-electron chi connectivity index (χ0n) is 21.7. The Morgan fingerprint density at radius 2 is 1.89 bits per heavy atom. The van der Waals surface area contributed by atoms with Crippen molar-refractivity contribution >= 4 is 17.7 Å². The number of imidazole rings is 1. The van der Waals surface area contributed by atoms with Crippen molar-refractivity contribution in [3.05, 3.63) is 76.9 Å². The number of aryl methyl sites for hydroxylation is 1. The number of fused-ring (bicyclic) bond motifs is 1. The SMILES string of the molecule is COc1cc(/C=C2\CCCN([C@H]3Cc4ccc(N5CCOCC5)cc4C3)C2=O)ccc1-n1cnc(C)c1. The lowest BCUT2D eigenvalue weighted by molar-refractivity contribution is -0.130. The van der Waals surface area contributed by atoms with Crippen molar-refractivity contribution in [1.82, 2.24) is 14.5 Å². The summed E-state index contributed by atoms with van der Waals surface area (Å²) in [5.41, 5.74) is 7.77. The molecule has 37 heavy (non-hydrogen) atoms. The number of carbonyl (C=O) groups excluding carboxylic acids is 1. The maximum atomic E-state index is 13.6. The molecule has 0 bridgehead atoms. The van der Waals surface area contributed by atoms with E-state index in [1.165, 1.54) is 16.8 Å². The van der Waals surface area contributed by atoms with E-state index in [0.717, 1.165) is 86.8 Å². The maximum absolute atomic E-state index is 13.6. The molecule has 0 radical (unpaired) electrons. The normalized spacial score (nSPS) is 21.0. The Morgan fingerprint density at radius 3 is 2.68 bits per heavy atom. The third-order valence-electron chi connectivity index (χ3n) is 7.83. The van der Waals surface area contributed by atoms with Crippen LogP contribution in [0.3, 0.4) is 0 Å². The molecule has 3 aliphatic rings. The van der Waals surface area contributed by atoms with Crippen molar-refractivity contribution in [2.75, 3.05) is 44.9 Å². The topological polar surface area (TPSA) is 59.8 Å². The van der Waals surface area contributed by atoms with Crippen LogP contribution in [0.5, 0.6) is 5.75 Å². The molecule has 2 saturated heterocycles. The van der Waals surface area contributed by atoms with Gasteiger partial charge in [0.25, 0.3) is 0 Å². The van der Waals surface area contributed by atoms with Crippen LogP contribution in [0.25, 0.3) is 11.8 Å². The molecule has 192 valence electrons. The third kappa shape index (κ3) is 4.76. The first-order chi connectivity index (χ1) is 18.1. The highest BCUT2D eigenvalue weighted by Crippen LogP contribution is 2.33. The molecule has 0 N–H and O–H groups in total. The first kappa shape index (κ1) is 23.8. The van der Waals surface area contributed by atoms with Gasteiger partial charge in [0.2, 0.25) is 5.91 Å². The molecule has 0 unspecified atom stereocenters. The smallest absolute Gasteiger partial charge is 0.250 e. The third-order valence-corrected chi connectivity index (χ3v) is 7.83.